The lowest BCUT2D eigenvalue weighted by atomic mass is 10.1. The lowest BCUT2D eigenvalue weighted by Crippen LogP contribution is -2.36. The van der Waals surface area contributed by atoms with Gasteiger partial charge in [0.15, 0.2) is 0 Å². The molecule has 1 aliphatic rings. The molecule has 0 aromatic carbocycles. The highest BCUT2D eigenvalue weighted by Crippen LogP contribution is 2.10. The van der Waals surface area contributed by atoms with E-state index in [4.69, 9.17) is 4.74 Å². The van der Waals surface area contributed by atoms with E-state index in [1.807, 2.05) is 0 Å². The molecule has 120 valence electrons. The van der Waals surface area contributed by atoms with Crippen LogP contribution in [0, 0.1) is 11.8 Å². The molecule has 1 unspecified atom stereocenters. The fraction of sp³-hybridized carbons (Fsp3) is 0.824. The molecule has 1 aliphatic carbocycles. The van der Waals surface area contributed by atoms with E-state index < -0.39 is 0 Å². The van der Waals surface area contributed by atoms with Gasteiger partial charge in [-0.15, -0.1) is 5.92 Å². The quantitative estimate of drug-likeness (QED) is 0.422. The molecule has 1 N–H and O–H groups in total. The summed E-state index contributed by atoms with van der Waals surface area (Å²) in [5.74, 6) is 6.22. The Hall–Kier alpha value is -1.05. The van der Waals surface area contributed by atoms with E-state index in [-0.39, 0.29) is 18.6 Å². The van der Waals surface area contributed by atoms with Crippen LogP contribution in [0.5, 0.6) is 0 Å². The zero-order valence-corrected chi connectivity index (χ0v) is 13.9. The van der Waals surface area contributed by atoms with E-state index in [0.29, 0.717) is 0 Å². The Labute approximate surface area is 129 Å². The van der Waals surface area contributed by atoms with Crippen molar-refractivity contribution in [2.24, 2.45) is 0 Å². The van der Waals surface area contributed by atoms with Gasteiger partial charge in [0, 0.05) is 13.0 Å². The normalized spacial score (nSPS) is 19.1. The number of hydrogen-bond acceptors (Lipinski definition) is 2. The number of nitrogens with zero attached hydrogens (tertiary/aromatic N) is 1. The Bertz CT molecular complexity index is 363. The zero-order chi connectivity index (χ0) is 15.6. The van der Waals surface area contributed by atoms with Crippen LogP contribution in [0.3, 0.4) is 0 Å². The number of nitrogens with one attached hydrogen (secondary N) is 1. The molecular weight excluding hydrogens is 264 g/mol. The third-order valence-corrected chi connectivity index (χ3v) is 3.52. The molecule has 0 aromatic rings. The van der Waals surface area contributed by atoms with Gasteiger partial charge < -0.3 is 14.5 Å². The molecule has 4 nitrogen and oxygen atoms in total. The second-order valence-electron chi connectivity index (χ2n) is 6.79. The number of unbranched alkanes of at least 4 members (excludes halogenated alkanes) is 1. The van der Waals surface area contributed by atoms with Crippen LogP contribution in [-0.2, 0) is 9.53 Å². The van der Waals surface area contributed by atoms with Crippen LogP contribution >= 0.6 is 0 Å². The highest BCUT2D eigenvalue weighted by Gasteiger charge is 2.10. The van der Waals surface area contributed by atoms with Crippen LogP contribution in [0.25, 0.3) is 0 Å². The summed E-state index contributed by atoms with van der Waals surface area (Å²) < 4.78 is 6.57. The Morgan fingerprint density at radius 2 is 2.05 bits per heavy atom. The first-order valence-electron chi connectivity index (χ1n) is 8.14. The highest BCUT2D eigenvalue weighted by molar-refractivity contribution is 5.77. The van der Waals surface area contributed by atoms with Gasteiger partial charge in [0.25, 0.3) is 0 Å². The minimum Gasteiger partial charge on any atom is -0.356 e. The summed E-state index contributed by atoms with van der Waals surface area (Å²) in [7, 11) is 6.55. The first-order chi connectivity index (χ1) is 9.97. The second-order valence-corrected chi connectivity index (χ2v) is 6.79. The van der Waals surface area contributed by atoms with Crippen LogP contribution in [0.2, 0.25) is 0 Å². The van der Waals surface area contributed by atoms with Gasteiger partial charge in [-0.3, -0.25) is 4.79 Å². The number of ether oxygens (including phenoxy) is 1. The van der Waals surface area contributed by atoms with Crippen molar-refractivity contribution in [2.75, 3.05) is 40.8 Å². The van der Waals surface area contributed by atoms with E-state index in [0.717, 1.165) is 49.7 Å². The average molecular weight is 295 g/mol. The second kappa shape index (κ2) is 9.81. The third kappa shape index (κ3) is 10.3. The standard InChI is InChI=1S/C17H30N2O2/c1-19(2,3)14-10-9-13-18-17(20)15-21-16-11-7-5-4-6-8-12-16/h16H,4-7,9-11,13-15H2,1-3H3/p+1. The molecule has 0 fully saturated rings. The molecule has 21 heavy (non-hydrogen) atoms. The van der Waals surface area contributed by atoms with E-state index in [2.05, 4.69) is 38.3 Å². The fourth-order valence-corrected chi connectivity index (χ4v) is 2.27. The summed E-state index contributed by atoms with van der Waals surface area (Å²) in [6.45, 7) is 2.00. The van der Waals surface area contributed by atoms with Crippen LogP contribution < -0.4 is 5.32 Å². The van der Waals surface area contributed by atoms with Gasteiger partial charge in [0.05, 0.1) is 27.7 Å². The molecule has 1 atom stereocenters. The van der Waals surface area contributed by atoms with Crippen molar-refractivity contribution in [2.45, 2.75) is 51.0 Å². The summed E-state index contributed by atoms with van der Waals surface area (Å²) in [4.78, 5) is 11.7. The summed E-state index contributed by atoms with van der Waals surface area (Å²) in [5.41, 5.74) is 0. The van der Waals surface area contributed by atoms with Crippen LogP contribution in [-0.4, -0.2) is 57.3 Å². The predicted molar refractivity (Wildman–Crippen MR) is 85.7 cm³/mol. The average Bonchev–Trinajstić information content (AvgIpc) is 2.35. The lowest BCUT2D eigenvalue weighted by Gasteiger charge is -2.23. The first-order valence-corrected chi connectivity index (χ1v) is 8.14. The van der Waals surface area contributed by atoms with E-state index in [9.17, 15) is 4.79 Å². The number of amides is 1. The van der Waals surface area contributed by atoms with E-state index in [1.54, 1.807) is 0 Å². The van der Waals surface area contributed by atoms with E-state index >= 15 is 0 Å². The van der Waals surface area contributed by atoms with Crippen molar-refractivity contribution in [3.63, 3.8) is 0 Å². The Balaban J connectivity index is 2.08. The fourth-order valence-electron chi connectivity index (χ4n) is 2.27. The lowest BCUT2D eigenvalue weighted by molar-refractivity contribution is -0.870. The molecule has 1 rings (SSSR count). The van der Waals surface area contributed by atoms with Gasteiger partial charge in [0.2, 0.25) is 5.91 Å². The van der Waals surface area contributed by atoms with Crippen LogP contribution in [0.1, 0.15) is 44.9 Å². The monoisotopic (exact) mass is 295 g/mol. The molecule has 0 saturated heterocycles. The molecular formula is C17H31N2O2+. The Morgan fingerprint density at radius 3 is 2.81 bits per heavy atom. The number of hydrogen-bond donors (Lipinski definition) is 1. The third-order valence-electron chi connectivity index (χ3n) is 3.52. The maximum atomic E-state index is 11.7. The van der Waals surface area contributed by atoms with Gasteiger partial charge in [-0.25, -0.2) is 0 Å². The minimum absolute atomic E-state index is 0.0240. The number of carbonyl (C=O) groups excluding carboxylic acids is 1. The van der Waals surface area contributed by atoms with Gasteiger partial charge in [-0.05, 0) is 32.1 Å². The topological polar surface area (TPSA) is 38.3 Å². The molecule has 0 radical (unpaired) electrons. The van der Waals surface area contributed by atoms with Gasteiger partial charge >= 0.3 is 0 Å². The maximum absolute atomic E-state index is 11.7. The zero-order valence-electron chi connectivity index (χ0n) is 13.9. The summed E-state index contributed by atoms with van der Waals surface area (Å²) in [6.07, 6.45) is 7.53. The summed E-state index contributed by atoms with van der Waals surface area (Å²) >= 11 is 0. The minimum atomic E-state index is -0.0609. The molecule has 0 saturated carbocycles. The van der Waals surface area contributed by atoms with Crippen molar-refractivity contribution in [1.29, 1.82) is 0 Å². The van der Waals surface area contributed by atoms with Crippen molar-refractivity contribution >= 4 is 5.91 Å². The SMILES string of the molecule is C[N+](C)(C)CCCCNC(=O)COC1C#CCCCCC1. The molecule has 0 aliphatic heterocycles. The predicted octanol–water partition coefficient (Wildman–Crippen LogP) is 1.94. The Morgan fingerprint density at radius 1 is 1.24 bits per heavy atom. The number of quaternary nitrogens is 1. The van der Waals surface area contributed by atoms with E-state index in [1.165, 1.54) is 12.8 Å². The first kappa shape index (κ1) is 18.0. The molecule has 0 aromatic heterocycles. The Kier molecular flexibility index (Phi) is 8.41. The van der Waals surface area contributed by atoms with Crippen LogP contribution in [0.4, 0.5) is 0 Å². The number of rotatable bonds is 8. The largest absolute Gasteiger partial charge is 0.356 e. The molecule has 0 heterocycles. The van der Waals surface area contributed by atoms with Gasteiger partial charge in [-0.2, -0.15) is 0 Å². The van der Waals surface area contributed by atoms with Crippen molar-refractivity contribution in [3.8, 4) is 11.8 Å². The molecule has 1 amide bonds. The maximum Gasteiger partial charge on any atom is 0.246 e. The van der Waals surface area contributed by atoms with Crippen molar-refractivity contribution < 1.29 is 14.0 Å². The van der Waals surface area contributed by atoms with Crippen molar-refractivity contribution in [3.05, 3.63) is 0 Å². The van der Waals surface area contributed by atoms with Crippen LogP contribution in [0.15, 0.2) is 0 Å². The van der Waals surface area contributed by atoms with Crippen molar-refractivity contribution in [1.82, 2.24) is 5.32 Å². The summed E-state index contributed by atoms with van der Waals surface area (Å²) in [6, 6.07) is 0. The van der Waals surface area contributed by atoms with Gasteiger partial charge in [-0.1, -0.05) is 12.3 Å². The molecule has 4 heteroatoms. The molecule has 0 bridgehead atoms. The van der Waals surface area contributed by atoms with Gasteiger partial charge in [0.1, 0.15) is 12.7 Å². The summed E-state index contributed by atoms with van der Waals surface area (Å²) in [5, 5.41) is 2.92. The smallest absolute Gasteiger partial charge is 0.246 e. The highest BCUT2D eigenvalue weighted by atomic mass is 16.5. The number of carbonyl (C=O) groups is 1. The molecule has 0 spiro atoms.